The van der Waals surface area contributed by atoms with Crippen LogP contribution in [0, 0.1) is 11.8 Å². The highest BCUT2D eigenvalue weighted by Gasteiger charge is 2.32. The van der Waals surface area contributed by atoms with E-state index >= 15 is 0 Å². The van der Waals surface area contributed by atoms with Gasteiger partial charge in [-0.05, 0) is 25.1 Å². The van der Waals surface area contributed by atoms with E-state index in [4.69, 9.17) is 4.74 Å². The fraction of sp³-hybridized carbons (Fsp3) is 0.368. The van der Waals surface area contributed by atoms with E-state index in [0.717, 1.165) is 17.8 Å². The first-order valence-electron chi connectivity index (χ1n) is 9.13. The smallest absolute Gasteiger partial charge is 0.241 e. The molecule has 0 spiro atoms. The number of nitrogens with zero attached hydrogens (tertiary/aromatic N) is 4. The zero-order valence-corrected chi connectivity index (χ0v) is 16.7. The van der Waals surface area contributed by atoms with E-state index < -0.39 is 5.95 Å². The van der Waals surface area contributed by atoms with Gasteiger partial charge in [-0.3, -0.25) is 9.69 Å². The number of anilines is 1. The Morgan fingerprint density at radius 3 is 3.03 bits per heavy atom. The minimum Gasteiger partial charge on any atom is -0.471 e. The standard InChI is InChI=1S/C19H19F2N5O2S/c1-10-5-14(28-18-15-4-3-13(20)6-12(15)7-22-25-18)8-26(10)9-16-17(21)24-19(29-16)23-11(2)27/h3-4,6-7,10,14H,5,8-9H2,1-2H3,(H,23,24,27)/t10-,14+/m0/s1. The molecule has 0 saturated carbocycles. The van der Waals surface area contributed by atoms with Crippen LogP contribution in [0.15, 0.2) is 24.4 Å². The second-order valence-electron chi connectivity index (χ2n) is 7.05. The van der Waals surface area contributed by atoms with E-state index in [0.29, 0.717) is 34.6 Å². The summed E-state index contributed by atoms with van der Waals surface area (Å²) in [6.07, 6.45) is 2.08. The number of amides is 1. The average Bonchev–Trinajstić information content (AvgIpc) is 3.16. The van der Waals surface area contributed by atoms with Gasteiger partial charge in [-0.2, -0.15) is 14.5 Å². The molecule has 1 saturated heterocycles. The Kier molecular flexibility index (Phi) is 5.37. The molecule has 29 heavy (non-hydrogen) atoms. The summed E-state index contributed by atoms with van der Waals surface area (Å²) in [5.41, 5.74) is 0. The Morgan fingerprint density at radius 2 is 2.24 bits per heavy atom. The Hall–Kier alpha value is -2.72. The summed E-state index contributed by atoms with van der Waals surface area (Å²) >= 11 is 1.13. The zero-order valence-electron chi connectivity index (χ0n) is 15.9. The van der Waals surface area contributed by atoms with Crippen molar-refractivity contribution in [3.8, 4) is 5.88 Å². The lowest BCUT2D eigenvalue weighted by molar-refractivity contribution is -0.114. The topological polar surface area (TPSA) is 80.2 Å². The number of halogens is 2. The summed E-state index contributed by atoms with van der Waals surface area (Å²) in [5, 5.41) is 12.0. The summed E-state index contributed by atoms with van der Waals surface area (Å²) in [5.74, 6) is -0.845. The molecule has 2 aromatic heterocycles. The van der Waals surface area contributed by atoms with Gasteiger partial charge >= 0.3 is 0 Å². The van der Waals surface area contributed by atoms with Crippen LogP contribution in [0.4, 0.5) is 13.9 Å². The lowest BCUT2D eigenvalue weighted by Gasteiger charge is -2.19. The van der Waals surface area contributed by atoms with Crippen LogP contribution < -0.4 is 10.1 Å². The zero-order chi connectivity index (χ0) is 20.5. The van der Waals surface area contributed by atoms with Gasteiger partial charge in [-0.15, -0.1) is 5.10 Å². The summed E-state index contributed by atoms with van der Waals surface area (Å²) in [6.45, 7) is 4.35. The first kappa shape index (κ1) is 19.6. The monoisotopic (exact) mass is 419 g/mol. The lowest BCUT2D eigenvalue weighted by atomic mass is 10.2. The van der Waals surface area contributed by atoms with E-state index in [1.54, 1.807) is 6.07 Å². The van der Waals surface area contributed by atoms with Crippen LogP contribution in [0.2, 0.25) is 0 Å². The van der Waals surface area contributed by atoms with Crippen LogP contribution in [0.1, 0.15) is 25.1 Å². The Morgan fingerprint density at radius 1 is 1.41 bits per heavy atom. The molecule has 10 heteroatoms. The van der Waals surface area contributed by atoms with Gasteiger partial charge in [0.25, 0.3) is 0 Å². The molecule has 152 valence electrons. The van der Waals surface area contributed by atoms with Gasteiger partial charge in [0, 0.05) is 43.2 Å². The van der Waals surface area contributed by atoms with E-state index in [2.05, 4.69) is 25.4 Å². The summed E-state index contributed by atoms with van der Waals surface area (Å²) in [4.78, 5) is 17.4. The predicted octanol–water partition coefficient (Wildman–Crippen LogP) is 3.36. The van der Waals surface area contributed by atoms with E-state index in [-0.39, 0.29) is 29.0 Å². The Labute approximate surface area is 169 Å². The quantitative estimate of drug-likeness (QED) is 0.683. The van der Waals surface area contributed by atoms with Crippen LogP contribution in [-0.2, 0) is 11.3 Å². The van der Waals surface area contributed by atoms with E-state index in [1.165, 1.54) is 25.3 Å². The number of thiazole rings is 1. The number of benzene rings is 1. The van der Waals surface area contributed by atoms with Crippen LogP contribution in [-0.4, -0.2) is 44.7 Å². The van der Waals surface area contributed by atoms with Crippen LogP contribution in [0.3, 0.4) is 0 Å². The minimum absolute atomic E-state index is 0.152. The summed E-state index contributed by atoms with van der Waals surface area (Å²) in [6, 6.07) is 4.53. The highest BCUT2D eigenvalue weighted by molar-refractivity contribution is 7.15. The number of fused-ring (bicyclic) bond motifs is 1. The van der Waals surface area contributed by atoms with Crippen molar-refractivity contribution in [3.63, 3.8) is 0 Å². The Balaban J connectivity index is 1.46. The molecule has 0 unspecified atom stereocenters. The highest BCUT2D eigenvalue weighted by Crippen LogP contribution is 2.30. The number of ether oxygens (including phenoxy) is 1. The number of hydrogen-bond acceptors (Lipinski definition) is 7. The van der Waals surface area contributed by atoms with Crippen molar-refractivity contribution in [3.05, 3.63) is 41.0 Å². The van der Waals surface area contributed by atoms with Gasteiger partial charge in [-0.25, -0.2) is 4.39 Å². The highest BCUT2D eigenvalue weighted by atomic mass is 32.1. The minimum atomic E-state index is -0.572. The van der Waals surface area contributed by atoms with Crippen molar-refractivity contribution >= 4 is 33.1 Å². The SMILES string of the molecule is CC(=O)Nc1nc(F)c(CN2C[C@H](Oc3nncc4cc(F)ccc34)C[C@@H]2C)s1. The first-order valence-corrected chi connectivity index (χ1v) is 9.95. The third-order valence-corrected chi connectivity index (χ3v) is 5.74. The number of likely N-dealkylation sites (tertiary alicyclic amines) is 1. The number of nitrogens with one attached hydrogen (secondary N) is 1. The van der Waals surface area contributed by atoms with Crippen molar-refractivity contribution in [2.24, 2.45) is 0 Å². The van der Waals surface area contributed by atoms with Crippen molar-refractivity contribution in [2.75, 3.05) is 11.9 Å². The third kappa shape index (κ3) is 4.33. The Bertz CT molecular complexity index is 1060. The second kappa shape index (κ2) is 7.96. The molecule has 1 aliphatic rings. The maximum Gasteiger partial charge on any atom is 0.241 e. The van der Waals surface area contributed by atoms with Gasteiger partial charge < -0.3 is 10.1 Å². The molecule has 1 amide bonds. The fourth-order valence-electron chi connectivity index (χ4n) is 3.45. The molecule has 1 N–H and O–H groups in total. The number of rotatable bonds is 5. The van der Waals surface area contributed by atoms with Gasteiger partial charge in [0.1, 0.15) is 11.9 Å². The van der Waals surface area contributed by atoms with Crippen LogP contribution in [0.5, 0.6) is 5.88 Å². The normalized spacial score (nSPS) is 19.6. The molecule has 2 atom stereocenters. The molecule has 0 aliphatic carbocycles. The van der Waals surface area contributed by atoms with Crippen LogP contribution in [0.25, 0.3) is 10.8 Å². The van der Waals surface area contributed by atoms with Gasteiger partial charge in [-0.1, -0.05) is 11.3 Å². The van der Waals surface area contributed by atoms with Crippen molar-refractivity contribution in [2.45, 2.75) is 39.0 Å². The molecule has 1 aromatic carbocycles. The molecular weight excluding hydrogens is 400 g/mol. The first-order chi connectivity index (χ1) is 13.9. The third-order valence-electron chi connectivity index (χ3n) is 4.81. The fourth-order valence-corrected chi connectivity index (χ4v) is 4.36. The number of hydrogen-bond donors (Lipinski definition) is 1. The molecule has 7 nitrogen and oxygen atoms in total. The largest absolute Gasteiger partial charge is 0.471 e. The van der Waals surface area contributed by atoms with Crippen molar-refractivity contribution in [1.29, 1.82) is 0 Å². The summed E-state index contributed by atoms with van der Waals surface area (Å²) in [7, 11) is 0. The van der Waals surface area contributed by atoms with Crippen LogP contribution >= 0.6 is 11.3 Å². The van der Waals surface area contributed by atoms with Gasteiger partial charge in [0.2, 0.25) is 17.7 Å². The number of carbonyl (C=O) groups is 1. The molecule has 0 bridgehead atoms. The summed E-state index contributed by atoms with van der Waals surface area (Å²) < 4.78 is 33.6. The molecule has 3 aromatic rings. The van der Waals surface area contributed by atoms with Crippen molar-refractivity contribution < 1.29 is 18.3 Å². The van der Waals surface area contributed by atoms with E-state index in [1.807, 2.05) is 6.92 Å². The predicted molar refractivity (Wildman–Crippen MR) is 105 cm³/mol. The van der Waals surface area contributed by atoms with Gasteiger partial charge in [0.05, 0.1) is 11.1 Å². The van der Waals surface area contributed by atoms with Crippen molar-refractivity contribution in [1.82, 2.24) is 20.1 Å². The number of aromatic nitrogens is 3. The molecule has 1 fully saturated rings. The molecule has 3 heterocycles. The molecule has 0 radical (unpaired) electrons. The second-order valence-corrected chi connectivity index (χ2v) is 8.13. The molecular formula is C19H19F2N5O2S. The maximum atomic E-state index is 14.1. The molecule has 1 aliphatic heterocycles. The van der Waals surface area contributed by atoms with Gasteiger partial charge in [0.15, 0.2) is 5.13 Å². The lowest BCUT2D eigenvalue weighted by Crippen LogP contribution is -2.28. The van der Waals surface area contributed by atoms with E-state index in [9.17, 15) is 13.6 Å². The number of carbonyl (C=O) groups excluding carboxylic acids is 1. The average molecular weight is 419 g/mol. The maximum absolute atomic E-state index is 14.1. The molecule has 4 rings (SSSR count).